The van der Waals surface area contributed by atoms with Gasteiger partial charge >= 0.3 is 11.9 Å². The molecule has 0 bridgehead atoms. The third-order valence-corrected chi connectivity index (χ3v) is 3.22. The predicted octanol–water partition coefficient (Wildman–Crippen LogP) is 2.93. The summed E-state index contributed by atoms with van der Waals surface area (Å²) in [4.78, 5) is 22.1. The molecule has 2 N–H and O–H groups in total. The maximum atomic E-state index is 13.7. The summed E-state index contributed by atoms with van der Waals surface area (Å²) in [5, 5.41) is 18.1. The fourth-order valence-electron chi connectivity index (χ4n) is 2.11. The van der Waals surface area contributed by atoms with Crippen molar-refractivity contribution in [3.8, 4) is 0 Å². The number of carboxylic acids is 2. The zero-order valence-corrected chi connectivity index (χ0v) is 11.0. The van der Waals surface area contributed by atoms with Gasteiger partial charge in [-0.1, -0.05) is 30.3 Å². The lowest BCUT2D eigenvalue weighted by atomic mass is 9.91. The van der Waals surface area contributed by atoms with E-state index in [0.29, 0.717) is 5.56 Å². The van der Waals surface area contributed by atoms with Gasteiger partial charge in [0.25, 0.3) is 0 Å². The Kier molecular flexibility index (Phi) is 4.33. The average molecular weight is 288 g/mol. The molecule has 4 nitrogen and oxygen atoms in total. The lowest BCUT2D eigenvalue weighted by Gasteiger charge is -2.13. The molecule has 0 radical (unpaired) electrons. The first-order valence-electron chi connectivity index (χ1n) is 6.28. The predicted molar refractivity (Wildman–Crippen MR) is 73.9 cm³/mol. The van der Waals surface area contributed by atoms with E-state index in [4.69, 9.17) is 5.11 Å². The first-order valence-corrected chi connectivity index (χ1v) is 6.28. The van der Waals surface area contributed by atoms with Gasteiger partial charge in [0, 0.05) is 5.56 Å². The molecule has 0 amide bonds. The van der Waals surface area contributed by atoms with Gasteiger partial charge < -0.3 is 10.2 Å². The Balaban J connectivity index is 2.27. The van der Waals surface area contributed by atoms with Crippen LogP contribution < -0.4 is 0 Å². The third-order valence-electron chi connectivity index (χ3n) is 3.22. The highest BCUT2D eigenvalue weighted by atomic mass is 19.1. The zero-order chi connectivity index (χ0) is 15.4. The van der Waals surface area contributed by atoms with Crippen LogP contribution in [0.1, 0.15) is 27.4 Å². The number of carboxylic acid groups (broad SMARTS) is 2. The van der Waals surface area contributed by atoms with Gasteiger partial charge in [-0.05, 0) is 30.2 Å². The van der Waals surface area contributed by atoms with Crippen LogP contribution in [-0.4, -0.2) is 22.2 Å². The number of hydrogen-bond acceptors (Lipinski definition) is 2. The number of aromatic carboxylic acids is 1. The number of hydrogen-bond donors (Lipinski definition) is 2. The molecule has 0 spiro atoms. The van der Waals surface area contributed by atoms with E-state index < -0.39 is 23.7 Å². The third kappa shape index (κ3) is 3.45. The van der Waals surface area contributed by atoms with Crippen molar-refractivity contribution in [1.82, 2.24) is 0 Å². The Hall–Kier alpha value is -2.69. The Morgan fingerprint density at radius 2 is 1.62 bits per heavy atom. The number of carbonyl (C=O) groups is 2. The molecular weight excluding hydrogens is 275 g/mol. The molecule has 0 aromatic heterocycles. The number of aliphatic carboxylic acids is 1. The molecule has 21 heavy (non-hydrogen) atoms. The molecule has 2 aromatic rings. The average Bonchev–Trinajstić information content (AvgIpc) is 2.46. The van der Waals surface area contributed by atoms with E-state index in [9.17, 15) is 19.1 Å². The number of rotatable bonds is 5. The Bertz CT molecular complexity index is 664. The number of benzene rings is 2. The summed E-state index contributed by atoms with van der Waals surface area (Å²) in [5.74, 6) is -3.75. The van der Waals surface area contributed by atoms with Gasteiger partial charge in [0.05, 0.1) is 11.5 Å². The highest BCUT2D eigenvalue weighted by molar-refractivity contribution is 5.87. The molecule has 0 aliphatic heterocycles. The summed E-state index contributed by atoms with van der Waals surface area (Å²) < 4.78 is 13.7. The van der Waals surface area contributed by atoms with Crippen LogP contribution in [0.3, 0.4) is 0 Å². The summed E-state index contributed by atoms with van der Waals surface area (Å²) in [6.45, 7) is 0. The second-order valence-corrected chi connectivity index (χ2v) is 4.62. The summed E-state index contributed by atoms with van der Waals surface area (Å²) in [6.07, 6.45) is 0.0934. The van der Waals surface area contributed by atoms with E-state index in [2.05, 4.69) is 0 Å². The van der Waals surface area contributed by atoms with Crippen LogP contribution >= 0.6 is 0 Å². The quantitative estimate of drug-likeness (QED) is 0.887. The minimum atomic E-state index is -1.12. The largest absolute Gasteiger partial charge is 0.481 e. The lowest BCUT2D eigenvalue weighted by Crippen LogP contribution is -2.16. The SMILES string of the molecule is O=C(O)c1ccc(CC(C(=O)O)c2ccccc2F)cc1. The van der Waals surface area contributed by atoms with Crippen molar-refractivity contribution in [2.45, 2.75) is 12.3 Å². The monoisotopic (exact) mass is 288 g/mol. The van der Waals surface area contributed by atoms with Crippen LogP contribution in [0.25, 0.3) is 0 Å². The topological polar surface area (TPSA) is 74.6 Å². The maximum Gasteiger partial charge on any atom is 0.335 e. The van der Waals surface area contributed by atoms with Crippen molar-refractivity contribution in [1.29, 1.82) is 0 Å². The molecule has 0 aliphatic carbocycles. The normalized spacial score (nSPS) is 11.9. The Labute approximate surface area is 120 Å². The minimum Gasteiger partial charge on any atom is -0.481 e. The molecule has 108 valence electrons. The molecule has 0 fully saturated rings. The van der Waals surface area contributed by atoms with E-state index in [1.165, 1.54) is 30.3 Å². The highest BCUT2D eigenvalue weighted by Gasteiger charge is 2.23. The fraction of sp³-hybridized carbons (Fsp3) is 0.125. The molecular formula is C16H13FO4. The summed E-state index contributed by atoms with van der Waals surface area (Å²) >= 11 is 0. The Morgan fingerprint density at radius 3 is 2.14 bits per heavy atom. The van der Waals surface area contributed by atoms with Crippen LogP contribution in [0.4, 0.5) is 4.39 Å². The summed E-state index contributed by atoms with van der Waals surface area (Å²) in [6, 6.07) is 11.6. The van der Waals surface area contributed by atoms with Crippen molar-refractivity contribution < 1.29 is 24.2 Å². The molecule has 1 atom stereocenters. The fourth-order valence-corrected chi connectivity index (χ4v) is 2.11. The minimum absolute atomic E-state index is 0.0934. The second-order valence-electron chi connectivity index (χ2n) is 4.62. The Morgan fingerprint density at radius 1 is 1.00 bits per heavy atom. The lowest BCUT2D eigenvalue weighted by molar-refractivity contribution is -0.138. The molecule has 1 unspecified atom stereocenters. The van der Waals surface area contributed by atoms with Crippen molar-refractivity contribution in [2.24, 2.45) is 0 Å². The smallest absolute Gasteiger partial charge is 0.335 e. The van der Waals surface area contributed by atoms with Crippen molar-refractivity contribution >= 4 is 11.9 Å². The molecule has 0 aliphatic rings. The van der Waals surface area contributed by atoms with Gasteiger partial charge in [0.1, 0.15) is 5.82 Å². The van der Waals surface area contributed by atoms with Gasteiger partial charge in [-0.2, -0.15) is 0 Å². The van der Waals surface area contributed by atoms with E-state index >= 15 is 0 Å². The van der Waals surface area contributed by atoms with Crippen LogP contribution in [0, 0.1) is 5.82 Å². The van der Waals surface area contributed by atoms with E-state index in [1.807, 2.05) is 0 Å². The van der Waals surface area contributed by atoms with Gasteiger partial charge in [0.15, 0.2) is 0 Å². The van der Waals surface area contributed by atoms with E-state index in [0.717, 1.165) is 0 Å². The van der Waals surface area contributed by atoms with E-state index in [1.54, 1.807) is 18.2 Å². The van der Waals surface area contributed by atoms with Gasteiger partial charge in [-0.15, -0.1) is 0 Å². The van der Waals surface area contributed by atoms with Gasteiger partial charge in [0.2, 0.25) is 0 Å². The first-order chi connectivity index (χ1) is 9.99. The summed E-state index contributed by atoms with van der Waals surface area (Å²) in [5.41, 5.74) is 0.875. The number of halogens is 1. The molecule has 0 saturated carbocycles. The molecule has 0 saturated heterocycles. The molecule has 0 heterocycles. The standard InChI is InChI=1S/C16H13FO4/c17-14-4-2-1-3-12(14)13(16(20)21)9-10-5-7-11(8-6-10)15(18)19/h1-8,13H,9H2,(H,18,19)(H,20,21). The maximum absolute atomic E-state index is 13.7. The first kappa shape index (κ1) is 14.7. The van der Waals surface area contributed by atoms with Crippen LogP contribution in [-0.2, 0) is 11.2 Å². The van der Waals surface area contributed by atoms with Crippen molar-refractivity contribution in [3.05, 3.63) is 71.0 Å². The highest BCUT2D eigenvalue weighted by Crippen LogP contribution is 2.24. The van der Waals surface area contributed by atoms with Gasteiger partial charge in [-0.25, -0.2) is 9.18 Å². The summed E-state index contributed by atoms with van der Waals surface area (Å²) in [7, 11) is 0. The van der Waals surface area contributed by atoms with E-state index in [-0.39, 0.29) is 17.5 Å². The molecule has 5 heteroatoms. The van der Waals surface area contributed by atoms with Crippen molar-refractivity contribution in [3.63, 3.8) is 0 Å². The van der Waals surface area contributed by atoms with Crippen molar-refractivity contribution in [2.75, 3.05) is 0 Å². The molecule has 2 aromatic carbocycles. The zero-order valence-electron chi connectivity index (χ0n) is 11.0. The van der Waals surface area contributed by atoms with Gasteiger partial charge in [-0.3, -0.25) is 4.79 Å². The van der Waals surface area contributed by atoms with Crippen LogP contribution in [0.2, 0.25) is 0 Å². The van der Waals surface area contributed by atoms with Crippen LogP contribution in [0.5, 0.6) is 0 Å². The molecule has 2 rings (SSSR count). The second kappa shape index (κ2) is 6.17. The van der Waals surface area contributed by atoms with Crippen LogP contribution in [0.15, 0.2) is 48.5 Å².